The molecule has 0 spiro atoms. The number of H-pyrrole nitrogens is 1. The Morgan fingerprint density at radius 1 is 1.35 bits per heavy atom. The lowest BCUT2D eigenvalue weighted by Crippen LogP contribution is -2.34. The smallest absolute Gasteiger partial charge is 0.251 e. The summed E-state index contributed by atoms with van der Waals surface area (Å²) in [6, 6.07) is 1.90. The van der Waals surface area contributed by atoms with E-state index in [1.54, 1.807) is 6.07 Å². The van der Waals surface area contributed by atoms with E-state index in [2.05, 4.69) is 43.0 Å². The molecule has 0 aliphatic carbocycles. The Bertz CT molecular complexity index is 464. The number of hydrogen-bond acceptors (Lipinski definition) is 4. The van der Waals surface area contributed by atoms with E-state index in [0.29, 0.717) is 25.0 Å². The summed E-state index contributed by atoms with van der Waals surface area (Å²) in [7, 11) is 0. The van der Waals surface area contributed by atoms with Crippen LogP contribution in [0.4, 0.5) is 0 Å². The molecule has 2 N–H and O–H groups in total. The van der Waals surface area contributed by atoms with E-state index < -0.39 is 5.60 Å². The summed E-state index contributed by atoms with van der Waals surface area (Å²) in [6.07, 6.45) is 1.56. The highest BCUT2D eigenvalue weighted by molar-refractivity contribution is 5.09. The molecule has 0 atom stereocenters. The lowest BCUT2D eigenvalue weighted by Gasteiger charge is -2.30. The topological polar surface area (TPSA) is 67.0 Å². The molecule has 20 heavy (non-hydrogen) atoms. The Labute approximate surface area is 121 Å². The summed E-state index contributed by atoms with van der Waals surface area (Å²) in [5, 5.41) is 3.28. The maximum atomic E-state index is 11.9. The van der Waals surface area contributed by atoms with Gasteiger partial charge >= 0.3 is 0 Å². The highest BCUT2D eigenvalue weighted by Gasteiger charge is 2.32. The number of ether oxygens (including phenoxy) is 1. The average molecular weight is 281 g/mol. The maximum Gasteiger partial charge on any atom is 0.251 e. The molecule has 1 heterocycles. The zero-order valence-corrected chi connectivity index (χ0v) is 13.2. The van der Waals surface area contributed by atoms with Gasteiger partial charge in [0.2, 0.25) is 0 Å². The fourth-order valence-corrected chi connectivity index (χ4v) is 2.26. The first kappa shape index (κ1) is 16.9. The largest absolute Gasteiger partial charge is 0.367 e. The molecule has 0 aromatic carbocycles. The Kier molecular flexibility index (Phi) is 6.36. The van der Waals surface area contributed by atoms with Gasteiger partial charge in [0.05, 0.1) is 5.69 Å². The van der Waals surface area contributed by atoms with Crippen LogP contribution in [0.2, 0.25) is 0 Å². The Morgan fingerprint density at radius 3 is 2.50 bits per heavy atom. The second-order valence-electron chi connectivity index (χ2n) is 5.26. The Morgan fingerprint density at radius 2 is 2.00 bits per heavy atom. The van der Waals surface area contributed by atoms with Crippen LogP contribution in [0.5, 0.6) is 0 Å². The zero-order valence-electron chi connectivity index (χ0n) is 13.2. The summed E-state index contributed by atoms with van der Waals surface area (Å²) < 4.78 is 5.90. The van der Waals surface area contributed by atoms with Crippen molar-refractivity contribution in [3.8, 4) is 0 Å². The summed E-state index contributed by atoms with van der Waals surface area (Å²) >= 11 is 0. The van der Waals surface area contributed by atoms with Crippen molar-refractivity contribution in [3.63, 3.8) is 0 Å². The van der Waals surface area contributed by atoms with Crippen LogP contribution in [-0.2, 0) is 16.9 Å². The van der Waals surface area contributed by atoms with Gasteiger partial charge in [-0.1, -0.05) is 27.7 Å². The van der Waals surface area contributed by atoms with Gasteiger partial charge in [0.15, 0.2) is 0 Å². The number of aromatic amines is 1. The Balaban J connectivity index is 3.12. The summed E-state index contributed by atoms with van der Waals surface area (Å²) in [5.41, 5.74) is 0.131. The first-order valence-electron chi connectivity index (χ1n) is 7.45. The Hall–Kier alpha value is -1.20. The van der Waals surface area contributed by atoms with Crippen molar-refractivity contribution >= 4 is 0 Å². The summed E-state index contributed by atoms with van der Waals surface area (Å²) in [4.78, 5) is 19.3. The van der Waals surface area contributed by atoms with E-state index in [-0.39, 0.29) is 5.56 Å². The number of nitrogens with one attached hydrogen (secondary N) is 2. The van der Waals surface area contributed by atoms with Gasteiger partial charge in [0.1, 0.15) is 11.4 Å². The van der Waals surface area contributed by atoms with Crippen LogP contribution < -0.4 is 10.9 Å². The average Bonchev–Trinajstić information content (AvgIpc) is 2.42. The lowest BCUT2D eigenvalue weighted by molar-refractivity contribution is -0.0574. The van der Waals surface area contributed by atoms with E-state index in [1.165, 1.54) is 0 Å². The van der Waals surface area contributed by atoms with Crippen molar-refractivity contribution in [2.24, 2.45) is 0 Å². The molecule has 1 aromatic rings. The van der Waals surface area contributed by atoms with Crippen LogP contribution >= 0.6 is 0 Å². The molecular formula is C15H27N3O2. The zero-order chi connectivity index (χ0) is 15.2. The van der Waals surface area contributed by atoms with Crippen LogP contribution in [0.1, 0.15) is 59.0 Å². The molecule has 1 aromatic heterocycles. The van der Waals surface area contributed by atoms with Crippen LogP contribution in [-0.4, -0.2) is 22.6 Å². The second kappa shape index (κ2) is 7.55. The van der Waals surface area contributed by atoms with Gasteiger partial charge in [-0.2, -0.15) is 0 Å². The second-order valence-corrected chi connectivity index (χ2v) is 5.26. The molecule has 0 saturated heterocycles. The number of rotatable bonds is 8. The third-order valence-electron chi connectivity index (χ3n) is 3.48. The van der Waals surface area contributed by atoms with Crippen LogP contribution in [0.3, 0.4) is 0 Å². The minimum Gasteiger partial charge on any atom is -0.367 e. The predicted octanol–water partition coefficient (Wildman–Crippen LogP) is 2.32. The van der Waals surface area contributed by atoms with E-state index in [0.717, 1.165) is 18.5 Å². The lowest BCUT2D eigenvalue weighted by atomic mass is 9.95. The number of nitrogens with zero attached hydrogens (tertiary/aromatic N) is 1. The van der Waals surface area contributed by atoms with E-state index >= 15 is 0 Å². The quantitative estimate of drug-likeness (QED) is 0.767. The molecule has 1 rings (SSSR count). The first-order valence-corrected chi connectivity index (χ1v) is 7.45. The van der Waals surface area contributed by atoms with Crippen LogP contribution in [0.15, 0.2) is 10.9 Å². The number of aromatic nitrogens is 2. The fraction of sp³-hybridized carbons (Fsp3) is 0.733. The fourth-order valence-electron chi connectivity index (χ4n) is 2.26. The molecular weight excluding hydrogens is 254 g/mol. The van der Waals surface area contributed by atoms with Crippen molar-refractivity contribution in [2.45, 2.75) is 65.6 Å². The van der Waals surface area contributed by atoms with Gasteiger partial charge in [0.25, 0.3) is 5.56 Å². The number of hydrogen-bond donors (Lipinski definition) is 2. The third-order valence-corrected chi connectivity index (χ3v) is 3.48. The van der Waals surface area contributed by atoms with Gasteiger partial charge < -0.3 is 15.0 Å². The molecule has 0 unspecified atom stereocenters. The van der Waals surface area contributed by atoms with Crippen LogP contribution in [0, 0.1) is 0 Å². The molecule has 0 aliphatic rings. The van der Waals surface area contributed by atoms with Crippen molar-refractivity contribution in [1.29, 1.82) is 0 Å². The molecule has 0 amide bonds. The SMILES string of the molecule is CCOC(CC)(CC)c1nc(CNC(C)C)cc(=O)[nH]1. The summed E-state index contributed by atoms with van der Waals surface area (Å²) in [6.45, 7) is 11.4. The minimum absolute atomic E-state index is 0.124. The van der Waals surface area contributed by atoms with Crippen molar-refractivity contribution in [3.05, 3.63) is 27.9 Å². The monoisotopic (exact) mass is 281 g/mol. The highest BCUT2D eigenvalue weighted by atomic mass is 16.5. The summed E-state index contributed by atoms with van der Waals surface area (Å²) in [5.74, 6) is 0.636. The standard InChI is InChI=1S/C15H27N3O2/c1-6-15(7-2,20-8-3)14-17-12(9-13(19)18-14)10-16-11(4)5/h9,11,16H,6-8,10H2,1-5H3,(H,17,18,19). The van der Waals surface area contributed by atoms with Crippen molar-refractivity contribution in [2.75, 3.05) is 6.61 Å². The van der Waals surface area contributed by atoms with E-state index in [1.807, 2.05) is 6.92 Å². The highest BCUT2D eigenvalue weighted by Crippen LogP contribution is 2.29. The minimum atomic E-state index is -0.498. The third kappa shape index (κ3) is 4.15. The molecule has 5 heteroatoms. The molecule has 114 valence electrons. The van der Waals surface area contributed by atoms with Crippen LogP contribution in [0.25, 0.3) is 0 Å². The normalized spacial score (nSPS) is 12.1. The van der Waals surface area contributed by atoms with Crippen molar-refractivity contribution in [1.82, 2.24) is 15.3 Å². The molecule has 5 nitrogen and oxygen atoms in total. The van der Waals surface area contributed by atoms with Gasteiger partial charge in [-0.15, -0.1) is 0 Å². The van der Waals surface area contributed by atoms with Gasteiger partial charge in [-0.3, -0.25) is 4.79 Å². The maximum absolute atomic E-state index is 11.9. The molecule has 0 fully saturated rings. The van der Waals surface area contributed by atoms with Gasteiger partial charge in [-0.05, 0) is 19.8 Å². The predicted molar refractivity (Wildman–Crippen MR) is 80.7 cm³/mol. The van der Waals surface area contributed by atoms with E-state index in [4.69, 9.17) is 4.74 Å². The molecule has 0 aliphatic heterocycles. The molecule has 0 bridgehead atoms. The van der Waals surface area contributed by atoms with Gasteiger partial charge in [-0.25, -0.2) is 4.98 Å². The first-order chi connectivity index (χ1) is 9.47. The molecule has 0 radical (unpaired) electrons. The van der Waals surface area contributed by atoms with Crippen molar-refractivity contribution < 1.29 is 4.74 Å². The van der Waals surface area contributed by atoms with Gasteiger partial charge in [0, 0.05) is 25.3 Å². The van der Waals surface area contributed by atoms with E-state index in [9.17, 15) is 4.79 Å². The molecule has 0 saturated carbocycles.